The van der Waals surface area contributed by atoms with Crippen LogP contribution in [0.25, 0.3) is 0 Å². The Bertz CT molecular complexity index is 361. The number of carbonyl (C=O) groups is 1. The molecule has 0 fully saturated rings. The van der Waals surface area contributed by atoms with Crippen LogP contribution >= 0.6 is 11.3 Å². The average molecular weight is 214 g/mol. The summed E-state index contributed by atoms with van der Waals surface area (Å²) in [5, 5.41) is 10.4. The summed E-state index contributed by atoms with van der Waals surface area (Å²) < 4.78 is 0. The van der Waals surface area contributed by atoms with Gasteiger partial charge in [0.15, 0.2) is 0 Å². The minimum Gasteiger partial charge on any atom is -0.341 e. The molecule has 0 radical (unpaired) electrons. The smallest absolute Gasteiger partial charge is 0.324 e. The van der Waals surface area contributed by atoms with Gasteiger partial charge in [-0.2, -0.15) is 0 Å². The predicted molar refractivity (Wildman–Crippen MR) is 53.6 cm³/mol. The number of nitro groups is 1. The Morgan fingerprint density at radius 2 is 2.29 bits per heavy atom. The van der Waals surface area contributed by atoms with Crippen LogP contribution in [0.15, 0.2) is 12.1 Å². The van der Waals surface area contributed by atoms with Crippen LogP contribution in [-0.4, -0.2) is 29.3 Å². The summed E-state index contributed by atoms with van der Waals surface area (Å²) in [4.78, 5) is 23.3. The number of thiophene rings is 1. The third-order valence-corrected chi connectivity index (χ3v) is 2.83. The fraction of sp³-hybridized carbons (Fsp3) is 0.375. The highest BCUT2D eigenvalue weighted by Gasteiger charge is 2.17. The van der Waals surface area contributed by atoms with Crippen molar-refractivity contribution in [3.63, 3.8) is 0 Å². The first-order chi connectivity index (χ1) is 6.56. The SMILES string of the molecule is CCN(C)C(=O)c1ccc([N+](=O)[O-])s1. The highest BCUT2D eigenvalue weighted by atomic mass is 32.1. The van der Waals surface area contributed by atoms with Crippen molar-refractivity contribution >= 4 is 22.2 Å². The molecule has 0 atom stereocenters. The maximum atomic E-state index is 11.5. The standard InChI is InChI=1S/C8H10N2O3S/c1-3-9(2)8(11)6-4-5-7(14-6)10(12)13/h4-5H,3H2,1-2H3. The molecule has 1 aromatic rings. The molecule has 1 rings (SSSR count). The van der Waals surface area contributed by atoms with Gasteiger partial charge in [0.1, 0.15) is 0 Å². The summed E-state index contributed by atoms with van der Waals surface area (Å²) in [6.07, 6.45) is 0. The molecule has 1 aromatic heterocycles. The lowest BCUT2D eigenvalue weighted by Gasteiger charge is -2.11. The van der Waals surface area contributed by atoms with E-state index in [4.69, 9.17) is 0 Å². The van der Waals surface area contributed by atoms with E-state index in [0.29, 0.717) is 11.4 Å². The Morgan fingerprint density at radius 3 is 2.71 bits per heavy atom. The van der Waals surface area contributed by atoms with Crippen LogP contribution in [0.5, 0.6) is 0 Å². The van der Waals surface area contributed by atoms with E-state index in [9.17, 15) is 14.9 Å². The van der Waals surface area contributed by atoms with Gasteiger partial charge in [-0.3, -0.25) is 14.9 Å². The van der Waals surface area contributed by atoms with Crippen molar-refractivity contribution in [1.29, 1.82) is 0 Å². The Balaban J connectivity index is 2.87. The van der Waals surface area contributed by atoms with E-state index < -0.39 is 4.92 Å². The number of hydrogen-bond acceptors (Lipinski definition) is 4. The number of hydrogen-bond donors (Lipinski definition) is 0. The molecule has 14 heavy (non-hydrogen) atoms. The number of nitrogens with zero attached hydrogens (tertiary/aromatic N) is 2. The average Bonchev–Trinajstić information content (AvgIpc) is 2.64. The van der Waals surface area contributed by atoms with E-state index in [2.05, 4.69) is 0 Å². The Hall–Kier alpha value is -1.43. The van der Waals surface area contributed by atoms with Gasteiger partial charge in [0, 0.05) is 19.7 Å². The van der Waals surface area contributed by atoms with Gasteiger partial charge in [-0.25, -0.2) is 0 Å². The molecular weight excluding hydrogens is 204 g/mol. The van der Waals surface area contributed by atoms with Crippen molar-refractivity contribution in [3.05, 3.63) is 27.1 Å². The van der Waals surface area contributed by atoms with Gasteiger partial charge in [-0.05, 0) is 13.0 Å². The zero-order chi connectivity index (χ0) is 10.7. The van der Waals surface area contributed by atoms with Crippen LogP contribution < -0.4 is 0 Å². The Kier molecular flexibility index (Phi) is 3.19. The lowest BCUT2D eigenvalue weighted by atomic mass is 10.4. The first-order valence-corrected chi connectivity index (χ1v) is 4.87. The molecule has 0 spiro atoms. The van der Waals surface area contributed by atoms with E-state index in [1.54, 1.807) is 7.05 Å². The molecule has 0 aromatic carbocycles. The zero-order valence-electron chi connectivity index (χ0n) is 7.89. The normalized spacial score (nSPS) is 9.86. The summed E-state index contributed by atoms with van der Waals surface area (Å²) in [5.41, 5.74) is 0. The topological polar surface area (TPSA) is 63.5 Å². The van der Waals surface area contributed by atoms with E-state index >= 15 is 0 Å². The molecule has 6 heteroatoms. The van der Waals surface area contributed by atoms with Gasteiger partial charge < -0.3 is 4.90 Å². The maximum absolute atomic E-state index is 11.5. The van der Waals surface area contributed by atoms with Crippen LogP contribution in [0.1, 0.15) is 16.6 Å². The Labute approximate surface area is 85.1 Å². The minimum absolute atomic E-state index is 0.00199. The summed E-state index contributed by atoms with van der Waals surface area (Å²) in [6, 6.07) is 2.83. The minimum atomic E-state index is -0.493. The molecule has 0 unspecified atom stereocenters. The van der Waals surface area contributed by atoms with Crippen LogP contribution in [0, 0.1) is 10.1 Å². The molecule has 0 saturated heterocycles. The molecule has 0 saturated carbocycles. The van der Waals surface area contributed by atoms with E-state index in [1.807, 2.05) is 6.92 Å². The predicted octanol–water partition coefficient (Wildman–Crippen LogP) is 1.75. The van der Waals surface area contributed by atoms with Gasteiger partial charge in [-0.1, -0.05) is 11.3 Å². The second-order valence-corrected chi connectivity index (χ2v) is 3.78. The first-order valence-electron chi connectivity index (χ1n) is 4.06. The summed E-state index contributed by atoms with van der Waals surface area (Å²) >= 11 is 0.902. The van der Waals surface area contributed by atoms with Gasteiger partial charge in [0.25, 0.3) is 5.91 Å². The van der Waals surface area contributed by atoms with Crippen molar-refractivity contribution in [2.45, 2.75) is 6.92 Å². The highest BCUT2D eigenvalue weighted by molar-refractivity contribution is 7.17. The number of carbonyl (C=O) groups excluding carboxylic acids is 1. The molecule has 76 valence electrons. The third kappa shape index (κ3) is 2.08. The zero-order valence-corrected chi connectivity index (χ0v) is 8.71. The molecule has 0 aliphatic rings. The summed E-state index contributed by atoms with van der Waals surface area (Å²) in [6.45, 7) is 2.43. The molecule has 0 bridgehead atoms. The molecular formula is C8H10N2O3S. The fourth-order valence-corrected chi connectivity index (χ4v) is 1.69. The quantitative estimate of drug-likeness (QED) is 0.568. The van der Waals surface area contributed by atoms with Crippen molar-refractivity contribution in [2.24, 2.45) is 0 Å². The third-order valence-electron chi connectivity index (χ3n) is 1.80. The monoisotopic (exact) mass is 214 g/mol. The molecule has 0 aliphatic heterocycles. The molecule has 1 amide bonds. The lowest BCUT2D eigenvalue weighted by molar-refractivity contribution is -0.380. The molecule has 5 nitrogen and oxygen atoms in total. The van der Waals surface area contributed by atoms with Crippen molar-refractivity contribution < 1.29 is 9.72 Å². The van der Waals surface area contributed by atoms with Crippen LogP contribution in [0.2, 0.25) is 0 Å². The summed E-state index contributed by atoms with van der Waals surface area (Å²) in [5.74, 6) is -0.175. The van der Waals surface area contributed by atoms with Crippen molar-refractivity contribution in [2.75, 3.05) is 13.6 Å². The summed E-state index contributed by atoms with van der Waals surface area (Å²) in [7, 11) is 1.66. The van der Waals surface area contributed by atoms with E-state index in [-0.39, 0.29) is 10.9 Å². The lowest BCUT2D eigenvalue weighted by Crippen LogP contribution is -2.25. The van der Waals surface area contributed by atoms with Crippen LogP contribution in [0.4, 0.5) is 5.00 Å². The number of amides is 1. The van der Waals surface area contributed by atoms with Gasteiger partial charge in [0.2, 0.25) is 0 Å². The van der Waals surface area contributed by atoms with E-state index in [1.165, 1.54) is 17.0 Å². The van der Waals surface area contributed by atoms with Gasteiger partial charge in [-0.15, -0.1) is 0 Å². The van der Waals surface area contributed by atoms with Crippen molar-refractivity contribution in [3.8, 4) is 0 Å². The highest BCUT2D eigenvalue weighted by Crippen LogP contribution is 2.24. The van der Waals surface area contributed by atoms with Crippen molar-refractivity contribution in [1.82, 2.24) is 4.90 Å². The molecule has 0 N–H and O–H groups in total. The Morgan fingerprint density at radius 1 is 1.64 bits per heavy atom. The van der Waals surface area contributed by atoms with Gasteiger partial charge in [0.05, 0.1) is 9.80 Å². The van der Waals surface area contributed by atoms with Gasteiger partial charge >= 0.3 is 5.00 Å². The number of rotatable bonds is 3. The first kappa shape index (κ1) is 10.6. The van der Waals surface area contributed by atoms with Crippen LogP contribution in [-0.2, 0) is 0 Å². The molecule has 0 aliphatic carbocycles. The second kappa shape index (κ2) is 4.19. The van der Waals surface area contributed by atoms with E-state index in [0.717, 1.165) is 11.3 Å². The fourth-order valence-electron chi connectivity index (χ4n) is 0.872. The second-order valence-electron chi connectivity index (χ2n) is 2.71. The van der Waals surface area contributed by atoms with Crippen LogP contribution in [0.3, 0.4) is 0 Å². The maximum Gasteiger partial charge on any atom is 0.324 e. The largest absolute Gasteiger partial charge is 0.341 e. The molecule has 1 heterocycles.